The molecular weight excluding hydrogens is 450 g/mol. The van der Waals surface area contributed by atoms with E-state index < -0.39 is 5.69 Å². The van der Waals surface area contributed by atoms with Crippen molar-refractivity contribution in [2.45, 2.75) is 13.5 Å². The number of halogens is 1. The van der Waals surface area contributed by atoms with Gasteiger partial charge in [0.1, 0.15) is 18.1 Å². The lowest BCUT2D eigenvalue weighted by Gasteiger charge is -2.05. The molecule has 152 valence electrons. The Labute approximate surface area is 180 Å². The summed E-state index contributed by atoms with van der Waals surface area (Å²) in [6.45, 7) is 1.53. The average molecular weight is 468 g/mol. The van der Waals surface area contributed by atoms with Crippen molar-refractivity contribution in [2.24, 2.45) is 0 Å². The topological polar surface area (TPSA) is 90.5 Å². The van der Waals surface area contributed by atoms with Gasteiger partial charge < -0.3 is 10.1 Å². The number of fused-ring (bicyclic) bond motifs is 1. The molecule has 8 nitrogen and oxygen atoms in total. The van der Waals surface area contributed by atoms with Crippen molar-refractivity contribution < 1.29 is 9.53 Å². The lowest BCUT2D eigenvalue weighted by molar-refractivity contribution is -0.117. The summed E-state index contributed by atoms with van der Waals surface area (Å²) in [5, 5.41) is 7.08. The largest absolute Gasteiger partial charge is 0.497 e. The molecule has 2 aromatic carbocycles. The fraction of sp³-hybridized carbons (Fsp3) is 0.143. The van der Waals surface area contributed by atoms with Gasteiger partial charge in [-0.05, 0) is 49.4 Å². The molecule has 0 fully saturated rings. The van der Waals surface area contributed by atoms with Gasteiger partial charge in [-0.25, -0.2) is 18.9 Å². The summed E-state index contributed by atoms with van der Waals surface area (Å²) < 4.78 is 8.55. The first-order valence-corrected chi connectivity index (χ1v) is 9.91. The van der Waals surface area contributed by atoms with Crippen molar-refractivity contribution >= 4 is 33.2 Å². The van der Waals surface area contributed by atoms with Crippen molar-refractivity contribution in [3.8, 4) is 17.0 Å². The number of methoxy groups -OCH3 is 1. The summed E-state index contributed by atoms with van der Waals surface area (Å²) in [5.74, 6) is 0.884. The molecule has 4 rings (SSSR count). The molecule has 9 heteroatoms. The number of nitrogens with zero attached hydrogens (tertiary/aromatic N) is 4. The molecule has 1 amide bonds. The Morgan fingerprint density at radius 3 is 2.63 bits per heavy atom. The molecule has 0 saturated heterocycles. The number of aryl methyl sites for hydroxylation is 1. The van der Waals surface area contributed by atoms with Crippen LogP contribution in [0.3, 0.4) is 0 Å². The van der Waals surface area contributed by atoms with Gasteiger partial charge >= 0.3 is 5.69 Å². The van der Waals surface area contributed by atoms with Crippen LogP contribution >= 0.6 is 15.9 Å². The van der Waals surface area contributed by atoms with Crippen molar-refractivity contribution in [2.75, 3.05) is 12.4 Å². The fourth-order valence-corrected chi connectivity index (χ4v) is 3.52. The Morgan fingerprint density at radius 1 is 1.17 bits per heavy atom. The van der Waals surface area contributed by atoms with Crippen LogP contribution in [0.2, 0.25) is 0 Å². The Bertz CT molecular complexity index is 1290. The molecule has 1 N–H and O–H groups in total. The molecule has 2 heterocycles. The zero-order chi connectivity index (χ0) is 21.3. The molecule has 0 saturated carbocycles. The minimum Gasteiger partial charge on any atom is -0.497 e. The highest BCUT2D eigenvalue weighted by Gasteiger charge is 2.15. The van der Waals surface area contributed by atoms with Crippen molar-refractivity contribution in [3.05, 3.63) is 75.4 Å². The average Bonchev–Trinajstić information content (AvgIpc) is 3.03. The first kappa shape index (κ1) is 19.8. The van der Waals surface area contributed by atoms with Gasteiger partial charge in [0, 0.05) is 21.8 Å². The second-order valence-electron chi connectivity index (χ2n) is 6.61. The maximum Gasteiger partial charge on any atom is 0.352 e. The number of rotatable bonds is 5. The third kappa shape index (κ3) is 3.97. The Hall–Kier alpha value is -3.46. The van der Waals surface area contributed by atoms with Crippen LogP contribution in [0.4, 0.5) is 5.69 Å². The molecule has 0 aliphatic heterocycles. The van der Waals surface area contributed by atoms with Crippen LogP contribution in [0.15, 0.2) is 63.9 Å². The van der Waals surface area contributed by atoms with E-state index in [1.165, 1.54) is 4.40 Å². The van der Waals surface area contributed by atoms with Crippen LogP contribution in [0.1, 0.15) is 5.82 Å². The minimum absolute atomic E-state index is 0.204. The lowest BCUT2D eigenvalue weighted by Crippen LogP contribution is -2.28. The highest BCUT2D eigenvalue weighted by molar-refractivity contribution is 9.10. The van der Waals surface area contributed by atoms with E-state index in [9.17, 15) is 9.59 Å². The zero-order valence-electron chi connectivity index (χ0n) is 16.3. The molecule has 0 aliphatic carbocycles. The number of nitrogens with one attached hydrogen (secondary N) is 1. The molecule has 0 atom stereocenters. The van der Waals surface area contributed by atoms with E-state index in [0.717, 1.165) is 20.5 Å². The third-order valence-electron chi connectivity index (χ3n) is 4.52. The van der Waals surface area contributed by atoms with E-state index in [1.54, 1.807) is 32.2 Å². The van der Waals surface area contributed by atoms with Crippen molar-refractivity contribution in [3.63, 3.8) is 0 Å². The molecule has 0 bridgehead atoms. The standard InChI is InChI=1S/C21H18BrN5O3/c1-13-23-18(14-6-8-17(30-2)9-7-14)11-19-25-26(21(29)27(13)19)12-20(28)24-16-5-3-4-15(22)10-16/h3-11H,12H2,1-2H3,(H,24,28). The predicted octanol–water partition coefficient (Wildman–Crippen LogP) is 3.28. The second-order valence-corrected chi connectivity index (χ2v) is 7.53. The molecule has 4 aromatic rings. The number of hydrogen-bond acceptors (Lipinski definition) is 5. The predicted molar refractivity (Wildman–Crippen MR) is 117 cm³/mol. The number of amides is 1. The number of benzene rings is 2. The summed E-state index contributed by atoms with van der Waals surface area (Å²) in [4.78, 5) is 29.7. The Morgan fingerprint density at radius 2 is 1.93 bits per heavy atom. The van der Waals surface area contributed by atoms with E-state index in [0.29, 0.717) is 22.9 Å². The van der Waals surface area contributed by atoms with Crippen LogP contribution in [0.5, 0.6) is 5.75 Å². The highest BCUT2D eigenvalue weighted by Crippen LogP contribution is 2.22. The normalized spacial score (nSPS) is 10.9. The zero-order valence-corrected chi connectivity index (χ0v) is 17.9. The van der Waals surface area contributed by atoms with Crippen LogP contribution in [0, 0.1) is 6.92 Å². The molecular formula is C21H18BrN5O3. The van der Waals surface area contributed by atoms with E-state index in [2.05, 4.69) is 31.3 Å². The van der Waals surface area contributed by atoms with Gasteiger partial charge in [0.15, 0.2) is 5.65 Å². The van der Waals surface area contributed by atoms with Gasteiger partial charge in [-0.1, -0.05) is 22.0 Å². The number of aromatic nitrogens is 4. The lowest BCUT2D eigenvalue weighted by atomic mass is 10.1. The first-order valence-electron chi connectivity index (χ1n) is 9.11. The molecule has 0 spiro atoms. The Balaban J connectivity index is 1.63. The summed E-state index contributed by atoms with van der Waals surface area (Å²) in [6.07, 6.45) is 0. The number of hydrogen-bond donors (Lipinski definition) is 1. The molecule has 0 unspecified atom stereocenters. The smallest absolute Gasteiger partial charge is 0.352 e. The summed E-state index contributed by atoms with van der Waals surface area (Å²) >= 11 is 3.36. The quantitative estimate of drug-likeness (QED) is 0.486. The van der Waals surface area contributed by atoms with Gasteiger partial charge in [0.05, 0.1) is 12.8 Å². The monoisotopic (exact) mass is 467 g/mol. The number of anilines is 1. The SMILES string of the molecule is COc1ccc(-c2cc3nn(CC(=O)Nc4cccc(Br)c4)c(=O)n3c(C)n2)cc1. The number of ether oxygens (including phenoxy) is 1. The summed E-state index contributed by atoms with van der Waals surface area (Å²) in [5.41, 5.74) is 2.19. The van der Waals surface area contributed by atoms with Crippen LogP contribution in [0.25, 0.3) is 16.9 Å². The molecule has 0 radical (unpaired) electrons. The van der Waals surface area contributed by atoms with Crippen molar-refractivity contribution in [1.29, 1.82) is 0 Å². The highest BCUT2D eigenvalue weighted by atomic mass is 79.9. The van der Waals surface area contributed by atoms with E-state index in [-0.39, 0.29) is 12.5 Å². The van der Waals surface area contributed by atoms with Crippen LogP contribution < -0.4 is 15.7 Å². The van der Waals surface area contributed by atoms with E-state index in [1.807, 2.05) is 36.4 Å². The van der Waals surface area contributed by atoms with Crippen molar-refractivity contribution in [1.82, 2.24) is 19.2 Å². The van der Waals surface area contributed by atoms with Gasteiger partial charge in [-0.15, -0.1) is 5.10 Å². The molecule has 0 aliphatic rings. The second kappa shape index (κ2) is 8.11. The van der Waals surface area contributed by atoms with Gasteiger partial charge in [0.2, 0.25) is 5.91 Å². The van der Waals surface area contributed by atoms with E-state index >= 15 is 0 Å². The third-order valence-corrected chi connectivity index (χ3v) is 5.02. The Kier molecular flexibility index (Phi) is 5.37. The molecule has 30 heavy (non-hydrogen) atoms. The summed E-state index contributed by atoms with van der Waals surface area (Å²) in [6, 6.07) is 16.4. The van der Waals surface area contributed by atoms with Gasteiger partial charge in [-0.3, -0.25) is 4.79 Å². The fourth-order valence-electron chi connectivity index (χ4n) is 3.12. The maximum atomic E-state index is 12.7. The maximum absolute atomic E-state index is 12.7. The summed E-state index contributed by atoms with van der Waals surface area (Å²) in [7, 11) is 1.61. The van der Waals surface area contributed by atoms with Gasteiger partial charge in [-0.2, -0.15) is 0 Å². The van der Waals surface area contributed by atoms with Crippen LogP contribution in [-0.2, 0) is 11.3 Å². The number of carbonyl (C=O) groups excluding carboxylic acids is 1. The van der Waals surface area contributed by atoms with Gasteiger partial charge in [0.25, 0.3) is 0 Å². The van der Waals surface area contributed by atoms with E-state index in [4.69, 9.17) is 4.74 Å². The van der Waals surface area contributed by atoms with Crippen LogP contribution in [-0.4, -0.2) is 32.2 Å². The minimum atomic E-state index is -0.416. The number of carbonyl (C=O) groups is 1. The molecule has 2 aromatic heterocycles. The first-order chi connectivity index (χ1) is 14.4.